The highest BCUT2D eigenvalue weighted by atomic mass is 16.2. The summed E-state index contributed by atoms with van der Waals surface area (Å²) in [4.78, 5) is 32.0. The van der Waals surface area contributed by atoms with Crippen molar-refractivity contribution in [1.82, 2.24) is 0 Å². The Balaban J connectivity index is 1.68. The second-order valence-corrected chi connectivity index (χ2v) is 9.14. The summed E-state index contributed by atoms with van der Waals surface area (Å²) in [5, 5.41) is 0. The van der Waals surface area contributed by atoms with Crippen LogP contribution in [-0.4, -0.2) is 11.8 Å². The van der Waals surface area contributed by atoms with E-state index in [0.29, 0.717) is 22.5 Å². The third-order valence-corrected chi connectivity index (χ3v) is 6.62. The Morgan fingerprint density at radius 2 is 0.861 bits per heavy atom. The van der Waals surface area contributed by atoms with Gasteiger partial charge in [0.25, 0.3) is 11.8 Å². The smallest absolute Gasteiger partial charge is 0.265 e. The molecule has 36 heavy (non-hydrogen) atoms. The van der Waals surface area contributed by atoms with Gasteiger partial charge in [-0.25, -0.2) is 0 Å². The first kappa shape index (κ1) is 21.8. The maximum atomic E-state index is 14.3. The number of rotatable bonds is 4. The molecule has 0 bridgehead atoms. The van der Waals surface area contributed by atoms with Crippen molar-refractivity contribution in [3.63, 3.8) is 0 Å². The average Bonchev–Trinajstić information content (AvgIpc) is 3.37. The van der Waals surface area contributed by atoms with E-state index in [1.54, 1.807) is 9.80 Å². The van der Waals surface area contributed by atoms with Crippen molar-refractivity contribution >= 4 is 34.6 Å². The van der Waals surface area contributed by atoms with Crippen LogP contribution < -0.4 is 9.80 Å². The molecule has 2 heterocycles. The Morgan fingerprint density at radius 3 is 1.22 bits per heavy atom. The number of amides is 2. The molecule has 4 aromatic carbocycles. The third kappa shape index (κ3) is 3.38. The quantitative estimate of drug-likeness (QED) is 0.342. The Labute approximate surface area is 210 Å². The number of hydrogen-bond donors (Lipinski definition) is 0. The molecule has 0 atom stereocenters. The summed E-state index contributed by atoms with van der Waals surface area (Å²) in [5.41, 5.74) is 7.34. The lowest BCUT2D eigenvalue weighted by Crippen LogP contribution is -2.29. The molecule has 2 amide bonds. The van der Waals surface area contributed by atoms with Gasteiger partial charge in [-0.1, -0.05) is 84.9 Å². The highest BCUT2D eigenvalue weighted by Gasteiger charge is 2.49. The van der Waals surface area contributed by atoms with Crippen molar-refractivity contribution in [3.05, 3.63) is 143 Å². The number of carbonyl (C=O) groups excluding carboxylic acids is 2. The minimum Gasteiger partial charge on any atom is -0.275 e. The first-order valence-electron chi connectivity index (χ1n) is 12.0. The highest BCUT2D eigenvalue weighted by molar-refractivity contribution is 6.41. The van der Waals surface area contributed by atoms with E-state index in [0.717, 1.165) is 33.6 Å². The van der Waals surface area contributed by atoms with E-state index in [1.807, 2.05) is 123 Å². The van der Waals surface area contributed by atoms with E-state index in [1.165, 1.54) is 0 Å². The van der Waals surface area contributed by atoms with Crippen LogP contribution in [-0.2, 0) is 9.59 Å². The summed E-state index contributed by atoms with van der Waals surface area (Å²) >= 11 is 0. The second-order valence-electron chi connectivity index (χ2n) is 9.14. The maximum Gasteiger partial charge on any atom is 0.265 e. The summed E-state index contributed by atoms with van der Waals surface area (Å²) in [7, 11) is 0. The molecule has 0 N–H and O–H groups in total. The minimum absolute atomic E-state index is 0.197. The summed E-state index contributed by atoms with van der Waals surface area (Å²) in [5.74, 6) is -0.395. The molecule has 0 saturated heterocycles. The van der Waals surface area contributed by atoms with Crippen LogP contribution in [0.25, 0.3) is 11.4 Å². The van der Waals surface area contributed by atoms with E-state index >= 15 is 0 Å². The number of hydrogen-bond acceptors (Lipinski definition) is 2. The number of benzene rings is 4. The van der Waals surface area contributed by atoms with Gasteiger partial charge in [0.15, 0.2) is 0 Å². The normalized spacial score (nSPS) is 15.3. The number of fused-ring (bicyclic) bond motifs is 1. The van der Waals surface area contributed by atoms with Gasteiger partial charge < -0.3 is 0 Å². The molecule has 2 aliphatic heterocycles. The molecule has 4 nitrogen and oxygen atoms in total. The van der Waals surface area contributed by atoms with Crippen molar-refractivity contribution in [1.29, 1.82) is 0 Å². The molecular formula is C32H24N2O2. The van der Waals surface area contributed by atoms with Crippen molar-refractivity contribution in [2.45, 2.75) is 13.8 Å². The highest BCUT2D eigenvalue weighted by Crippen LogP contribution is 2.49. The van der Waals surface area contributed by atoms with Gasteiger partial charge in [0, 0.05) is 11.4 Å². The maximum absolute atomic E-state index is 14.3. The standard InChI is InChI=1S/C32H24N2O2/c1-21-11-9-17-25(19-21)33-29(23-13-5-3-6-14-23)27-28(31(33)35)30(24-15-7-4-8-16-24)34(32(27)36)26-18-10-12-22(2)20-26/h3-20H,1-2H3. The van der Waals surface area contributed by atoms with Crippen molar-refractivity contribution in [2.75, 3.05) is 9.80 Å². The molecule has 4 aromatic rings. The molecule has 4 heteroatoms. The Hall–Kier alpha value is -4.70. The lowest BCUT2D eigenvalue weighted by molar-refractivity contribution is -0.115. The number of anilines is 2. The first-order valence-corrected chi connectivity index (χ1v) is 12.0. The van der Waals surface area contributed by atoms with Gasteiger partial charge in [-0.05, 0) is 60.4 Å². The zero-order chi connectivity index (χ0) is 24.8. The predicted molar refractivity (Wildman–Crippen MR) is 144 cm³/mol. The molecule has 0 unspecified atom stereocenters. The molecule has 0 aromatic heterocycles. The SMILES string of the molecule is Cc1cccc(N2C(=O)C3=C(c4ccccc4)N(c4cccc(C)c4)C(=O)C3=C2c2ccccc2)c1. The van der Waals surface area contributed by atoms with Crippen LogP contribution in [0.15, 0.2) is 120 Å². The summed E-state index contributed by atoms with van der Waals surface area (Å²) in [6.07, 6.45) is 0. The minimum atomic E-state index is -0.197. The van der Waals surface area contributed by atoms with Gasteiger partial charge in [-0.2, -0.15) is 0 Å². The zero-order valence-corrected chi connectivity index (χ0v) is 20.1. The van der Waals surface area contributed by atoms with Crippen LogP contribution in [0.3, 0.4) is 0 Å². The van der Waals surface area contributed by atoms with E-state index in [4.69, 9.17) is 0 Å². The van der Waals surface area contributed by atoms with Crippen molar-refractivity contribution < 1.29 is 9.59 Å². The van der Waals surface area contributed by atoms with Gasteiger partial charge in [-0.15, -0.1) is 0 Å². The predicted octanol–water partition coefficient (Wildman–Crippen LogP) is 6.52. The van der Waals surface area contributed by atoms with Gasteiger partial charge in [-0.3, -0.25) is 19.4 Å². The summed E-state index contributed by atoms with van der Waals surface area (Å²) in [6.45, 7) is 4.00. The lowest BCUT2D eigenvalue weighted by Gasteiger charge is -2.26. The molecule has 0 spiro atoms. The monoisotopic (exact) mass is 468 g/mol. The summed E-state index contributed by atoms with van der Waals surface area (Å²) < 4.78 is 0. The second kappa shape index (κ2) is 8.51. The zero-order valence-electron chi connectivity index (χ0n) is 20.1. The molecule has 2 aliphatic rings. The fourth-order valence-electron chi connectivity index (χ4n) is 5.07. The van der Waals surface area contributed by atoms with Gasteiger partial charge in [0.1, 0.15) is 0 Å². The van der Waals surface area contributed by atoms with E-state index in [2.05, 4.69) is 0 Å². The topological polar surface area (TPSA) is 40.6 Å². The van der Waals surface area contributed by atoms with Crippen molar-refractivity contribution in [3.8, 4) is 0 Å². The van der Waals surface area contributed by atoms with Crippen LogP contribution in [0, 0.1) is 13.8 Å². The molecule has 6 rings (SSSR count). The van der Waals surface area contributed by atoms with Gasteiger partial charge >= 0.3 is 0 Å². The molecule has 0 saturated carbocycles. The van der Waals surface area contributed by atoms with E-state index < -0.39 is 0 Å². The van der Waals surface area contributed by atoms with Crippen LogP contribution >= 0.6 is 0 Å². The van der Waals surface area contributed by atoms with Crippen LogP contribution in [0.1, 0.15) is 22.3 Å². The fraction of sp³-hybridized carbons (Fsp3) is 0.0625. The average molecular weight is 469 g/mol. The number of nitrogens with zero attached hydrogens (tertiary/aromatic N) is 2. The lowest BCUT2D eigenvalue weighted by atomic mass is 10.0. The van der Waals surface area contributed by atoms with E-state index in [9.17, 15) is 9.59 Å². The Morgan fingerprint density at radius 1 is 0.472 bits per heavy atom. The molecule has 0 radical (unpaired) electrons. The van der Waals surface area contributed by atoms with Crippen molar-refractivity contribution in [2.24, 2.45) is 0 Å². The van der Waals surface area contributed by atoms with Crippen LogP contribution in [0.5, 0.6) is 0 Å². The number of carbonyl (C=O) groups is 2. The molecule has 0 aliphatic carbocycles. The first-order chi connectivity index (χ1) is 17.5. The number of aryl methyl sites for hydroxylation is 2. The molecule has 174 valence electrons. The summed E-state index contributed by atoms with van der Waals surface area (Å²) in [6, 6.07) is 35.1. The Bertz CT molecular complexity index is 1460. The fourth-order valence-corrected chi connectivity index (χ4v) is 5.07. The Kier molecular flexibility index (Phi) is 5.15. The van der Waals surface area contributed by atoms with Gasteiger partial charge in [0.05, 0.1) is 22.5 Å². The molecule has 0 fully saturated rings. The molecular weight excluding hydrogens is 444 g/mol. The largest absolute Gasteiger partial charge is 0.275 e. The van der Waals surface area contributed by atoms with Crippen LogP contribution in [0.4, 0.5) is 11.4 Å². The van der Waals surface area contributed by atoms with E-state index in [-0.39, 0.29) is 11.8 Å². The van der Waals surface area contributed by atoms with Crippen LogP contribution in [0.2, 0.25) is 0 Å². The van der Waals surface area contributed by atoms with Gasteiger partial charge in [0.2, 0.25) is 0 Å². The third-order valence-electron chi connectivity index (χ3n) is 6.62.